The molecule has 226 valence electrons. The van der Waals surface area contributed by atoms with E-state index in [9.17, 15) is 0 Å². The first kappa shape index (κ1) is 25.4. The molecule has 0 bridgehead atoms. The van der Waals surface area contributed by atoms with Crippen molar-refractivity contribution in [3.63, 3.8) is 0 Å². The number of fused-ring (bicyclic) bond motifs is 15. The van der Waals surface area contributed by atoms with Crippen LogP contribution in [0.1, 0.15) is 0 Å². The highest BCUT2D eigenvalue weighted by atomic mass is 15.0. The van der Waals surface area contributed by atoms with Crippen molar-refractivity contribution in [3.05, 3.63) is 158 Å². The maximum absolute atomic E-state index is 4.99. The number of rotatable bonds is 2. The number of pyridine rings is 1. The van der Waals surface area contributed by atoms with Crippen LogP contribution in [0.5, 0.6) is 0 Å². The lowest BCUT2D eigenvalue weighted by Crippen LogP contribution is -1.98. The molecule has 0 aliphatic rings. The van der Waals surface area contributed by atoms with Crippen molar-refractivity contribution in [1.29, 1.82) is 0 Å². The van der Waals surface area contributed by atoms with Gasteiger partial charge in [0.25, 0.3) is 0 Å². The van der Waals surface area contributed by atoms with Crippen molar-refractivity contribution < 1.29 is 0 Å². The summed E-state index contributed by atoms with van der Waals surface area (Å²) >= 11 is 0. The third kappa shape index (κ3) is 3.07. The summed E-state index contributed by atoms with van der Waals surface area (Å²) in [6.45, 7) is 0. The quantitative estimate of drug-likeness (QED) is 0.188. The van der Waals surface area contributed by atoms with Crippen LogP contribution in [-0.2, 0) is 0 Å². The van der Waals surface area contributed by atoms with Gasteiger partial charge >= 0.3 is 0 Å². The largest absolute Gasteiger partial charge is 0.308 e. The van der Waals surface area contributed by atoms with E-state index in [2.05, 4.69) is 165 Å². The Balaban J connectivity index is 1.38. The van der Waals surface area contributed by atoms with Crippen molar-refractivity contribution >= 4 is 92.5 Å². The van der Waals surface area contributed by atoms with Crippen LogP contribution >= 0.6 is 0 Å². The molecule has 0 saturated heterocycles. The van der Waals surface area contributed by atoms with Gasteiger partial charge in [0, 0.05) is 48.8 Å². The van der Waals surface area contributed by atoms with Gasteiger partial charge in [0.15, 0.2) is 0 Å². The first-order chi connectivity index (χ1) is 24.4. The highest BCUT2D eigenvalue weighted by Gasteiger charge is 2.26. The molecule has 0 atom stereocenters. The Kier molecular flexibility index (Phi) is 4.69. The molecule has 7 aromatic carbocycles. The number of benzene rings is 7. The molecular weight excluding hydrogens is 597 g/mol. The van der Waals surface area contributed by atoms with Gasteiger partial charge in [-0.1, -0.05) is 103 Å². The third-order valence-corrected chi connectivity index (χ3v) is 10.8. The van der Waals surface area contributed by atoms with Gasteiger partial charge in [0.1, 0.15) is 0 Å². The first-order valence-electron chi connectivity index (χ1n) is 16.8. The van der Waals surface area contributed by atoms with E-state index in [-0.39, 0.29) is 0 Å². The Morgan fingerprint density at radius 3 is 1.84 bits per heavy atom. The summed E-state index contributed by atoms with van der Waals surface area (Å²) in [5, 5.41) is 12.6. The average molecular weight is 623 g/mol. The fraction of sp³-hybridized carbons (Fsp3) is 0. The van der Waals surface area contributed by atoms with Gasteiger partial charge in [0.05, 0.1) is 56.7 Å². The van der Waals surface area contributed by atoms with Crippen LogP contribution in [0.4, 0.5) is 0 Å². The molecule has 4 nitrogen and oxygen atoms in total. The molecule has 4 heteroatoms. The zero-order valence-electron chi connectivity index (χ0n) is 26.3. The number of nitrogens with zero attached hydrogens (tertiary/aromatic N) is 4. The van der Waals surface area contributed by atoms with Gasteiger partial charge in [-0.25, -0.2) is 0 Å². The topological polar surface area (TPSA) is 27.2 Å². The maximum atomic E-state index is 4.99. The summed E-state index contributed by atoms with van der Waals surface area (Å²) in [4.78, 5) is 4.99. The number of hydrogen-bond acceptors (Lipinski definition) is 1. The second kappa shape index (κ2) is 9.03. The van der Waals surface area contributed by atoms with Crippen LogP contribution in [0.15, 0.2) is 158 Å². The van der Waals surface area contributed by atoms with Crippen LogP contribution in [0.2, 0.25) is 0 Å². The van der Waals surface area contributed by atoms with Crippen LogP contribution in [0.25, 0.3) is 104 Å². The minimum Gasteiger partial charge on any atom is -0.308 e. The predicted molar refractivity (Wildman–Crippen MR) is 205 cm³/mol. The summed E-state index contributed by atoms with van der Waals surface area (Å²) < 4.78 is 7.36. The number of aromatic nitrogens is 4. The summed E-state index contributed by atoms with van der Waals surface area (Å²) in [5.74, 6) is 0. The summed E-state index contributed by atoms with van der Waals surface area (Å²) in [6, 6.07) is 53.0. The van der Waals surface area contributed by atoms with Crippen LogP contribution < -0.4 is 0 Å². The predicted octanol–water partition coefficient (Wildman–Crippen LogP) is 11.6. The lowest BCUT2D eigenvalue weighted by Gasteiger charge is -2.12. The monoisotopic (exact) mass is 622 g/mol. The van der Waals surface area contributed by atoms with Gasteiger partial charge in [0.2, 0.25) is 0 Å². The maximum Gasteiger partial charge on any atom is 0.0746 e. The zero-order valence-corrected chi connectivity index (χ0v) is 26.3. The fourth-order valence-electron chi connectivity index (χ4n) is 8.94. The number of para-hydroxylation sites is 4. The van der Waals surface area contributed by atoms with E-state index >= 15 is 0 Å². The van der Waals surface area contributed by atoms with Gasteiger partial charge < -0.3 is 13.5 Å². The SMILES string of the molecule is c1ccc(-n2c3ccccc3c3c(-n4c5ccc6ccccc6c5c5cc6c7ccccc7n7c8ccccc8c(c54)c67)cncc32)cc1. The Hall–Kier alpha value is -6.65. The molecule has 0 N–H and O–H groups in total. The summed E-state index contributed by atoms with van der Waals surface area (Å²) in [7, 11) is 0. The average Bonchev–Trinajstić information content (AvgIpc) is 3.89. The van der Waals surface area contributed by atoms with Gasteiger partial charge in [-0.2, -0.15) is 0 Å². The molecule has 5 aromatic heterocycles. The molecule has 49 heavy (non-hydrogen) atoms. The van der Waals surface area contributed by atoms with Gasteiger partial charge in [-0.05, 0) is 53.2 Å². The fourth-order valence-corrected chi connectivity index (χ4v) is 8.94. The Morgan fingerprint density at radius 1 is 0.367 bits per heavy atom. The lowest BCUT2D eigenvalue weighted by atomic mass is 10.0. The highest BCUT2D eigenvalue weighted by Crippen LogP contribution is 2.48. The molecule has 0 spiro atoms. The van der Waals surface area contributed by atoms with E-state index in [1.165, 1.54) is 87.0 Å². The molecule has 0 aliphatic carbocycles. The summed E-state index contributed by atoms with van der Waals surface area (Å²) in [6.07, 6.45) is 4.10. The Morgan fingerprint density at radius 2 is 1.02 bits per heavy atom. The lowest BCUT2D eigenvalue weighted by molar-refractivity contribution is 1.14. The highest BCUT2D eigenvalue weighted by molar-refractivity contribution is 6.36. The zero-order chi connectivity index (χ0) is 31.8. The third-order valence-electron chi connectivity index (χ3n) is 10.8. The van der Waals surface area contributed by atoms with Crippen molar-refractivity contribution in [3.8, 4) is 11.4 Å². The second-order valence-electron chi connectivity index (χ2n) is 13.2. The molecule has 0 saturated carbocycles. The normalized spacial score (nSPS) is 12.5. The molecule has 12 aromatic rings. The molecule has 0 fully saturated rings. The molecule has 0 amide bonds. The van der Waals surface area contributed by atoms with Gasteiger partial charge in [-0.15, -0.1) is 0 Å². The molecule has 0 unspecified atom stereocenters. The number of hydrogen-bond donors (Lipinski definition) is 0. The van der Waals surface area contributed by atoms with E-state index in [0.29, 0.717) is 0 Å². The minimum atomic E-state index is 1.08. The minimum absolute atomic E-state index is 1.08. The van der Waals surface area contributed by atoms with Gasteiger partial charge in [-0.3, -0.25) is 4.98 Å². The van der Waals surface area contributed by atoms with Crippen molar-refractivity contribution in [2.75, 3.05) is 0 Å². The molecule has 5 heterocycles. The smallest absolute Gasteiger partial charge is 0.0746 e. The molecule has 0 aliphatic heterocycles. The van der Waals surface area contributed by atoms with E-state index in [1.54, 1.807) is 0 Å². The van der Waals surface area contributed by atoms with E-state index in [1.807, 2.05) is 6.20 Å². The van der Waals surface area contributed by atoms with E-state index in [0.717, 1.165) is 16.9 Å². The van der Waals surface area contributed by atoms with Crippen molar-refractivity contribution in [2.45, 2.75) is 0 Å². The molecule has 0 radical (unpaired) electrons. The molecule has 12 rings (SSSR count). The van der Waals surface area contributed by atoms with Crippen LogP contribution in [0, 0.1) is 0 Å². The Bertz CT molecular complexity index is 3320. The van der Waals surface area contributed by atoms with Crippen LogP contribution in [-0.4, -0.2) is 18.5 Å². The summed E-state index contributed by atoms with van der Waals surface area (Å²) in [5.41, 5.74) is 10.6. The Labute approximate surface area is 279 Å². The first-order valence-corrected chi connectivity index (χ1v) is 16.8. The van der Waals surface area contributed by atoms with Crippen molar-refractivity contribution in [2.24, 2.45) is 0 Å². The second-order valence-corrected chi connectivity index (χ2v) is 13.2. The standard InChI is InChI=1S/C45H26N4/c1-2-13-28(14-3-1)47-36-20-10-7-17-31(36)42-39(47)25-46-26-40(42)49-38-23-22-27-12-4-5-15-29(27)41(38)34-24-33-30-16-6-9-19-35(30)48-37-21-11-8-18-32(37)43(44(33)48)45(34)49/h1-26H. The van der Waals surface area contributed by atoms with E-state index < -0.39 is 0 Å². The van der Waals surface area contributed by atoms with Crippen LogP contribution in [0.3, 0.4) is 0 Å². The van der Waals surface area contributed by atoms with E-state index in [4.69, 9.17) is 4.98 Å². The molecular formula is C45H26N4. The van der Waals surface area contributed by atoms with Crippen molar-refractivity contribution in [1.82, 2.24) is 18.5 Å².